The first-order valence-electron chi connectivity index (χ1n) is 13.0. The standard InChI is InChI=1S/C30H34O7/c1-18(2)35-23-14-8-11-20(15-23)24-17-26(32)37-25-16-21-10-5-4-6-12-22(31)13-7-9-19(3)36-30(34)27(21)29(33)28(24)25/h5,8,10-11,14-16,18-19,24,33H,4,6-7,9,12-13,17H2,1-3H3/t19-,24-/m1/s1. The Bertz CT molecular complexity index is 1210. The molecule has 4 rings (SSSR count). The molecule has 2 heterocycles. The molecule has 2 aliphatic heterocycles. The van der Waals surface area contributed by atoms with E-state index in [0.29, 0.717) is 55.4 Å². The van der Waals surface area contributed by atoms with Crippen molar-refractivity contribution in [1.29, 1.82) is 0 Å². The van der Waals surface area contributed by atoms with Crippen LogP contribution in [0.4, 0.5) is 0 Å². The Kier molecular flexibility index (Phi) is 8.31. The summed E-state index contributed by atoms with van der Waals surface area (Å²) >= 11 is 0. The number of hydrogen-bond donors (Lipinski definition) is 1. The molecule has 0 bridgehead atoms. The van der Waals surface area contributed by atoms with Crippen LogP contribution in [-0.4, -0.2) is 35.0 Å². The first-order valence-corrected chi connectivity index (χ1v) is 13.0. The summed E-state index contributed by atoms with van der Waals surface area (Å²) in [6.45, 7) is 5.64. The Labute approximate surface area is 217 Å². The highest BCUT2D eigenvalue weighted by molar-refractivity contribution is 5.98. The quantitative estimate of drug-likeness (QED) is 0.396. The molecular formula is C30H34O7. The van der Waals surface area contributed by atoms with Gasteiger partial charge in [-0.25, -0.2) is 4.79 Å². The molecule has 0 aliphatic carbocycles. The zero-order valence-electron chi connectivity index (χ0n) is 21.6. The number of carbonyl (C=O) groups is 3. The van der Waals surface area contributed by atoms with Crippen molar-refractivity contribution in [1.82, 2.24) is 0 Å². The van der Waals surface area contributed by atoms with Crippen LogP contribution in [0.2, 0.25) is 0 Å². The van der Waals surface area contributed by atoms with Crippen molar-refractivity contribution in [3.8, 4) is 17.2 Å². The molecule has 0 radical (unpaired) electrons. The van der Waals surface area contributed by atoms with E-state index in [9.17, 15) is 19.5 Å². The van der Waals surface area contributed by atoms with Crippen molar-refractivity contribution in [2.24, 2.45) is 0 Å². The topological polar surface area (TPSA) is 99.1 Å². The first kappa shape index (κ1) is 26.5. The normalized spacial score (nSPS) is 20.9. The lowest BCUT2D eigenvalue weighted by molar-refractivity contribution is -0.135. The maximum atomic E-state index is 13.3. The molecule has 196 valence electrons. The Morgan fingerprint density at radius 3 is 2.65 bits per heavy atom. The first-order chi connectivity index (χ1) is 17.7. The summed E-state index contributed by atoms with van der Waals surface area (Å²) in [7, 11) is 0. The lowest BCUT2D eigenvalue weighted by Gasteiger charge is -2.28. The lowest BCUT2D eigenvalue weighted by Crippen LogP contribution is -2.23. The number of hydrogen-bond acceptors (Lipinski definition) is 7. The van der Waals surface area contributed by atoms with E-state index < -0.39 is 24.0 Å². The summed E-state index contributed by atoms with van der Waals surface area (Å²) in [5.74, 6) is -0.767. The summed E-state index contributed by atoms with van der Waals surface area (Å²) in [6.07, 6.45) is 6.63. The van der Waals surface area contributed by atoms with Gasteiger partial charge in [0.05, 0.1) is 18.6 Å². The van der Waals surface area contributed by atoms with Gasteiger partial charge in [-0.05, 0) is 75.8 Å². The third-order valence-corrected chi connectivity index (χ3v) is 6.61. The van der Waals surface area contributed by atoms with Crippen LogP contribution in [0.5, 0.6) is 17.2 Å². The van der Waals surface area contributed by atoms with Gasteiger partial charge < -0.3 is 19.3 Å². The van der Waals surface area contributed by atoms with E-state index in [1.165, 1.54) is 0 Å². The molecule has 2 aliphatic rings. The summed E-state index contributed by atoms with van der Waals surface area (Å²) in [5, 5.41) is 11.5. The van der Waals surface area contributed by atoms with Crippen LogP contribution in [0, 0.1) is 0 Å². The maximum absolute atomic E-state index is 13.3. The highest BCUT2D eigenvalue weighted by Gasteiger charge is 2.35. The van der Waals surface area contributed by atoms with Gasteiger partial charge in [0.25, 0.3) is 0 Å². The van der Waals surface area contributed by atoms with Crippen molar-refractivity contribution in [2.75, 3.05) is 0 Å². The minimum atomic E-state index is -0.650. The fraction of sp³-hybridized carbons (Fsp3) is 0.433. The Morgan fingerprint density at radius 2 is 1.86 bits per heavy atom. The summed E-state index contributed by atoms with van der Waals surface area (Å²) in [6, 6.07) is 9.01. The average molecular weight is 507 g/mol. The third kappa shape index (κ3) is 6.40. The van der Waals surface area contributed by atoms with Gasteiger partial charge in [0.1, 0.15) is 28.6 Å². The number of aromatic hydroxyl groups is 1. The van der Waals surface area contributed by atoms with Gasteiger partial charge in [-0.2, -0.15) is 0 Å². The summed E-state index contributed by atoms with van der Waals surface area (Å²) in [4.78, 5) is 38.0. The van der Waals surface area contributed by atoms with Gasteiger partial charge in [0, 0.05) is 24.3 Å². The second-order valence-electron chi connectivity index (χ2n) is 10.0. The molecule has 0 unspecified atom stereocenters. The molecule has 1 N–H and O–H groups in total. The summed E-state index contributed by atoms with van der Waals surface area (Å²) in [5.41, 5.74) is 1.61. The number of cyclic esters (lactones) is 1. The van der Waals surface area contributed by atoms with Gasteiger partial charge in [0.15, 0.2) is 0 Å². The number of phenolic OH excluding ortho intramolecular Hbond substituents is 1. The smallest absolute Gasteiger partial charge is 0.342 e. The highest BCUT2D eigenvalue weighted by atomic mass is 16.5. The average Bonchev–Trinajstić information content (AvgIpc) is 2.82. The van der Waals surface area contributed by atoms with Crippen LogP contribution in [0.25, 0.3) is 6.08 Å². The van der Waals surface area contributed by atoms with Crippen molar-refractivity contribution in [3.05, 3.63) is 58.7 Å². The van der Waals surface area contributed by atoms with Crippen molar-refractivity contribution in [2.45, 2.75) is 83.8 Å². The van der Waals surface area contributed by atoms with Crippen LogP contribution in [-0.2, 0) is 14.3 Å². The molecule has 0 spiro atoms. The van der Waals surface area contributed by atoms with Gasteiger partial charge in [0.2, 0.25) is 0 Å². The summed E-state index contributed by atoms with van der Waals surface area (Å²) < 4.78 is 17.1. The van der Waals surface area contributed by atoms with Gasteiger partial charge >= 0.3 is 11.9 Å². The van der Waals surface area contributed by atoms with E-state index in [0.717, 1.165) is 5.56 Å². The number of ether oxygens (including phenoxy) is 3. The number of carbonyl (C=O) groups excluding carboxylic acids is 3. The molecule has 7 heteroatoms. The van der Waals surface area contributed by atoms with Crippen molar-refractivity contribution < 1.29 is 33.7 Å². The molecular weight excluding hydrogens is 472 g/mol. The zero-order valence-corrected chi connectivity index (χ0v) is 21.6. The van der Waals surface area contributed by atoms with E-state index >= 15 is 0 Å². The number of allylic oxidation sites excluding steroid dienone is 1. The number of phenols is 1. The Hall–Kier alpha value is -3.61. The third-order valence-electron chi connectivity index (χ3n) is 6.61. The van der Waals surface area contributed by atoms with E-state index in [-0.39, 0.29) is 35.4 Å². The molecule has 2 atom stereocenters. The number of fused-ring (bicyclic) bond motifs is 2. The number of esters is 2. The van der Waals surface area contributed by atoms with Crippen molar-refractivity contribution in [3.63, 3.8) is 0 Å². The second-order valence-corrected chi connectivity index (χ2v) is 10.0. The van der Waals surface area contributed by atoms with Crippen LogP contribution in [0.1, 0.15) is 98.7 Å². The Morgan fingerprint density at radius 1 is 1.08 bits per heavy atom. The minimum absolute atomic E-state index is 0.0137. The Balaban J connectivity index is 1.80. The lowest BCUT2D eigenvalue weighted by atomic mass is 9.83. The van der Waals surface area contributed by atoms with Crippen LogP contribution >= 0.6 is 0 Å². The van der Waals surface area contributed by atoms with E-state index in [2.05, 4.69) is 0 Å². The number of rotatable bonds is 3. The maximum Gasteiger partial charge on any atom is 0.342 e. The molecule has 2 aromatic carbocycles. The predicted molar refractivity (Wildman–Crippen MR) is 139 cm³/mol. The molecule has 0 fully saturated rings. The fourth-order valence-corrected chi connectivity index (χ4v) is 4.88. The van der Waals surface area contributed by atoms with Crippen LogP contribution < -0.4 is 9.47 Å². The minimum Gasteiger partial charge on any atom is -0.507 e. The van der Waals surface area contributed by atoms with Crippen molar-refractivity contribution >= 4 is 23.8 Å². The molecule has 0 saturated heterocycles. The molecule has 0 aromatic heterocycles. The van der Waals surface area contributed by atoms with E-state index in [1.54, 1.807) is 19.1 Å². The molecule has 0 saturated carbocycles. The monoisotopic (exact) mass is 506 g/mol. The van der Waals surface area contributed by atoms with Crippen LogP contribution in [0.15, 0.2) is 36.4 Å². The number of benzene rings is 2. The van der Waals surface area contributed by atoms with Gasteiger partial charge in [-0.15, -0.1) is 0 Å². The molecule has 37 heavy (non-hydrogen) atoms. The van der Waals surface area contributed by atoms with Crippen LogP contribution in [0.3, 0.4) is 0 Å². The van der Waals surface area contributed by atoms with Gasteiger partial charge in [-0.3, -0.25) is 9.59 Å². The predicted octanol–water partition coefficient (Wildman–Crippen LogP) is 6.10. The molecule has 2 aromatic rings. The SMILES string of the molecule is CC(C)Oc1cccc([C@H]2CC(=O)Oc3cc4c(c(O)c32)C(=O)O[C@H](C)CCCC(=O)CCCC=C4)c1. The number of ketones is 1. The van der Waals surface area contributed by atoms with E-state index in [4.69, 9.17) is 14.2 Å². The number of Topliss-reactive ketones (excluding diaryl/α,β-unsaturated/α-hetero) is 1. The second kappa shape index (κ2) is 11.6. The molecule has 0 amide bonds. The van der Waals surface area contributed by atoms with E-state index in [1.807, 2.05) is 44.2 Å². The fourth-order valence-electron chi connectivity index (χ4n) is 4.88. The zero-order chi connectivity index (χ0) is 26.5. The largest absolute Gasteiger partial charge is 0.507 e. The van der Waals surface area contributed by atoms with Gasteiger partial charge in [-0.1, -0.05) is 24.3 Å². The highest BCUT2D eigenvalue weighted by Crippen LogP contribution is 2.47. The molecule has 7 nitrogen and oxygen atoms in total.